The van der Waals surface area contributed by atoms with E-state index >= 15 is 0 Å². The van der Waals surface area contributed by atoms with Crippen LogP contribution in [0.25, 0.3) is 0 Å². The summed E-state index contributed by atoms with van der Waals surface area (Å²) >= 11 is 0. The molecule has 1 aromatic heterocycles. The van der Waals surface area contributed by atoms with Crippen molar-refractivity contribution in [1.29, 1.82) is 0 Å². The molecule has 1 unspecified atom stereocenters. The molecular weight excluding hydrogens is 276 g/mol. The smallest absolute Gasteiger partial charge is 0.263 e. The Bertz CT molecular complexity index is 640. The summed E-state index contributed by atoms with van der Waals surface area (Å²) < 4.78 is 5.69. The fourth-order valence-corrected chi connectivity index (χ4v) is 2.17. The molecule has 0 bridgehead atoms. The van der Waals surface area contributed by atoms with Gasteiger partial charge in [0.15, 0.2) is 6.61 Å². The lowest BCUT2D eigenvalue weighted by Gasteiger charge is -2.15. The molecule has 4 nitrogen and oxygen atoms in total. The molecule has 0 saturated heterocycles. The van der Waals surface area contributed by atoms with Crippen LogP contribution in [0.4, 0.5) is 5.82 Å². The van der Waals surface area contributed by atoms with E-state index in [1.165, 1.54) is 0 Å². The third-order valence-corrected chi connectivity index (χ3v) is 3.69. The third-order valence-electron chi connectivity index (χ3n) is 3.69. The van der Waals surface area contributed by atoms with E-state index in [-0.39, 0.29) is 12.5 Å². The monoisotopic (exact) mass is 298 g/mol. The maximum atomic E-state index is 12.0. The number of rotatable bonds is 6. The second-order valence-corrected chi connectivity index (χ2v) is 5.35. The number of hydrogen-bond donors (Lipinski definition) is 1. The van der Waals surface area contributed by atoms with E-state index in [4.69, 9.17) is 4.74 Å². The van der Waals surface area contributed by atoms with E-state index in [0.29, 0.717) is 11.7 Å². The average Bonchev–Trinajstić information content (AvgIpc) is 2.54. The quantitative estimate of drug-likeness (QED) is 0.879. The van der Waals surface area contributed by atoms with Crippen molar-refractivity contribution in [1.82, 2.24) is 4.98 Å². The summed E-state index contributed by atoms with van der Waals surface area (Å²) in [7, 11) is 0. The Morgan fingerprint density at radius 3 is 2.77 bits per heavy atom. The lowest BCUT2D eigenvalue weighted by atomic mass is 9.98. The molecular formula is C18H22N2O2. The van der Waals surface area contributed by atoms with E-state index in [2.05, 4.69) is 24.1 Å². The fraction of sp³-hybridized carbons (Fsp3) is 0.333. The van der Waals surface area contributed by atoms with Gasteiger partial charge in [0.1, 0.15) is 11.6 Å². The second kappa shape index (κ2) is 7.59. The van der Waals surface area contributed by atoms with Gasteiger partial charge in [-0.25, -0.2) is 4.98 Å². The van der Waals surface area contributed by atoms with Crippen molar-refractivity contribution >= 4 is 11.7 Å². The molecule has 1 aromatic carbocycles. The SMILES string of the molecule is CCC(C)c1ccccc1OCC(=O)Nc1ncccc1C. The first-order valence-corrected chi connectivity index (χ1v) is 7.55. The minimum absolute atomic E-state index is 0.0243. The Morgan fingerprint density at radius 2 is 2.05 bits per heavy atom. The normalized spacial score (nSPS) is 11.8. The van der Waals surface area contributed by atoms with E-state index < -0.39 is 0 Å². The van der Waals surface area contributed by atoms with E-state index in [0.717, 1.165) is 23.3 Å². The van der Waals surface area contributed by atoms with Crippen LogP contribution in [0.1, 0.15) is 37.3 Å². The lowest BCUT2D eigenvalue weighted by Crippen LogP contribution is -2.21. The van der Waals surface area contributed by atoms with Gasteiger partial charge >= 0.3 is 0 Å². The van der Waals surface area contributed by atoms with Crippen molar-refractivity contribution in [2.24, 2.45) is 0 Å². The minimum Gasteiger partial charge on any atom is -0.483 e. The number of aryl methyl sites for hydroxylation is 1. The molecule has 0 spiro atoms. The first-order chi connectivity index (χ1) is 10.6. The molecule has 4 heteroatoms. The van der Waals surface area contributed by atoms with Crippen LogP contribution >= 0.6 is 0 Å². The highest BCUT2D eigenvalue weighted by atomic mass is 16.5. The van der Waals surface area contributed by atoms with Crippen molar-refractivity contribution in [3.63, 3.8) is 0 Å². The van der Waals surface area contributed by atoms with Crippen molar-refractivity contribution in [3.8, 4) is 5.75 Å². The topological polar surface area (TPSA) is 51.2 Å². The Morgan fingerprint density at radius 1 is 1.27 bits per heavy atom. The molecule has 2 aromatic rings. The molecule has 0 radical (unpaired) electrons. The van der Waals surface area contributed by atoms with Crippen LogP contribution < -0.4 is 10.1 Å². The molecule has 0 aliphatic carbocycles. The van der Waals surface area contributed by atoms with Gasteiger partial charge in [0.05, 0.1) is 0 Å². The maximum Gasteiger partial charge on any atom is 0.263 e. The van der Waals surface area contributed by atoms with Gasteiger partial charge in [-0.05, 0) is 42.5 Å². The number of anilines is 1. The maximum absolute atomic E-state index is 12.0. The summed E-state index contributed by atoms with van der Waals surface area (Å²) in [6.07, 6.45) is 2.68. The van der Waals surface area contributed by atoms with Crippen LogP contribution in [0.5, 0.6) is 5.75 Å². The van der Waals surface area contributed by atoms with E-state index in [9.17, 15) is 4.79 Å². The van der Waals surface area contributed by atoms with Gasteiger partial charge in [-0.15, -0.1) is 0 Å². The van der Waals surface area contributed by atoms with Gasteiger partial charge < -0.3 is 10.1 Å². The summed E-state index contributed by atoms with van der Waals surface area (Å²) in [4.78, 5) is 16.2. The number of benzene rings is 1. The highest BCUT2D eigenvalue weighted by Crippen LogP contribution is 2.28. The van der Waals surface area contributed by atoms with Crippen molar-refractivity contribution in [2.75, 3.05) is 11.9 Å². The largest absolute Gasteiger partial charge is 0.483 e. The van der Waals surface area contributed by atoms with Crippen LogP contribution in [-0.2, 0) is 4.79 Å². The lowest BCUT2D eigenvalue weighted by molar-refractivity contribution is -0.118. The Labute approximate surface area is 131 Å². The highest BCUT2D eigenvalue weighted by Gasteiger charge is 2.11. The zero-order valence-corrected chi connectivity index (χ0v) is 13.3. The highest BCUT2D eigenvalue weighted by molar-refractivity contribution is 5.91. The van der Waals surface area contributed by atoms with E-state index in [1.54, 1.807) is 6.20 Å². The predicted molar refractivity (Wildman–Crippen MR) is 88.2 cm³/mol. The molecule has 1 amide bonds. The number of ether oxygens (including phenoxy) is 1. The molecule has 1 N–H and O–H groups in total. The van der Waals surface area contributed by atoms with E-state index in [1.807, 2.05) is 43.3 Å². The number of carbonyl (C=O) groups is 1. The number of amides is 1. The number of para-hydroxylation sites is 1. The zero-order valence-electron chi connectivity index (χ0n) is 13.3. The molecule has 0 aliphatic rings. The van der Waals surface area contributed by atoms with Crippen molar-refractivity contribution in [3.05, 3.63) is 53.7 Å². The summed E-state index contributed by atoms with van der Waals surface area (Å²) in [6.45, 7) is 6.17. The first-order valence-electron chi connectivity index (χ1n) is 7.55. The van der Waals surface area contributed by atoms with Crippen LogP contribution in [0, 0.1) is 6.92 Å². The molecule has 1 heterocycles. The number of carbonyl (C=O) groups excluding carboxylic acids is 1. The Kier molecular flexibility index (Phi) is 5.53. The summed E-state index contributed by atoms with van der Waals surface area (Å²) in [5.41, 5.74) is 2.06. The Balaban J connectivity index is 1.99. The average molecular weight is 298 g/mol. The zero-order chi connectivity index (χ0) is 15.9. The van der Waals surface area contributed by atoms with Crippen molar-refractivity contribution in [2.45, 2.75) is 33.1 Å². The number of aromatic nitrogens is 1. The molecule has 1 atom stereocenters. The molecule has 22 heavy (non-hydrogen) atoms. The molecule has 0 saturated carbocycles. The van der Waals surface area contributed by atoms with Gasteiger partial charge in [0, 0.05) is 6.20 Å². The van der Waals surface area contributed by atoms with Crippen LogP contribution in [0.15, 0.2) is 42.6 Å². The molecule has 0 aliphatic heterocycles. The first kappa shape index (κ1) is 16.0. The molecule has 0 fully saturated rings. The number of nitrogens with one attached hydrogen (secondary N) is 1. The van der Waals surface area contributed by atoms with Gasteiger partial charge in [0.2, 0.25) is 0 Å². The summed E-state index contributed by atoms with van der Waals surface area (Å²) in [6, 6.07) is 11.6. The number of pyridine rings is 1. The third kappa shape index (κ3) is 4.07. The molecule has 116 valence electrons. The standard InChI is InChI=1S/C18H22N2O2/c1-4-13(2)15-9-5-6-10-16(15)22-12-17(21)20-18-14(3)8-7-11-19-18/h5-11,13H,4,12H2,1-3H3,(H,19,20,21). The van der Waals surface area contributed by atoms with Crippen LogP contribution in [0.3, 0.4) is 0 Å². The summed E-state index contributed by atoms with van der Waals surface area (Å²) in [5.74, 6) is 1.54. The van der Waals surface area contributed by atoms with Gasteiger partial charge in [-0.1, -0.05) is 38.1 Å². The second-order valence-electron chi connectivity index (χ2n) is 5.35. The predicted octanol–water partition coefficient (Wildman–Crippen LogP) is 3.92. The Hall–Kier alpha value is -2.36. The number of hydrogen-bond acceptors (Lipinski definition) is 3. The van der Waals surface area contributed by atoms with Crippen LogP contribution in [-0.4, -0.2) is 17.5 Å². The van der Waals surface area contributed by atoms with Gasteiger partial charge in [-0.2, -0.15) is 0 Å². The van der Waals surface area contributed by atoms with Crippen LogP contribution in [0.2, 0.25) is 0 Å². The van der Waals surface area contributed by atoms with Gasteiger partial charge in [-0.3, -0.25) is 4.79 Å². The molecule has 2 rings (SSSR count). The minimum atomic E-state index is -0.208. The number of nitrogens with zero attached hydrogens (tertiary/aromatic N) is 1. The van der Waals surface area contributed by atoms with Crippen molar-refractivity contribution < 1.29 is 9.53 Å². The fourth-order valence-electron chi connectivity index (χ4n) is 2.17. The van der Waals surface area contributed by atoms with Gasteiger partial charge in [0.25, 0.3) is 5.91 Å². The summed E-state index contributed by atoms with van der Waals surface area (Å²) in [5, 5.41) is 2.77.